The highest BCUT2D eigenvalue weighted by Gasteiger charge is 2.32. The third kappa shape index (κ3) is 3.90. The summed E-state index contributed by atoms with van der Waals surface area (Å²) >= 11 is 4.43. The fourth-order valence-corrected chi connectivity index (χ4v) is 3.21. The summed E-state index contributed by atoms with van der Waals surface area (Å²) < 4.78 is 33.9. The van der Waals surface area contributed by atoms with Crippen molar-refractivity contribution in [2.75, 3.05) is 31.8 Å². The van der Waals surface area contributed by atoms with Gasteiger partial charge in [-0.25, -0.2) is 8.42 Å². The molecule has 0 atom stereocenters. The Kier molecular flexibility index (Phi) is 4.99. The highest BCUT2D eigenvalue weighted by Crippen LogP contribution is 2.32. The van der Waals surface area contributed by atoms with Gasteiger partial charge in [0.15, 0.2) is 9.84 Å². The highest BCUT2D eigenvalue weighted by molar-refractivity contribution is 7.90. The van der Waals surface area contributed by atoms with Crippen LogP contribution in [0.1, 0.15) is 12.8 Å². The molecule has 0 unspecified atom stereocenters. The molecule has 0 radical (unpaired) electrons. The van der Waals surface area contributed by atoms with E-state index in [1.165, 1.54) is 6.26 Å². The maximum atomic E-state index is 11.4. The van der Waals surface area contributed by atoms with Gasteiger partial charge in [0.05, 0.1) is 11.5 Å². The molecular weight excluding hydrogens is 296 g/mol. The van der Waals surface area contributed by atoms with E-state index in [4.69, 9.17) is 9.47 Å². The third-order valence-electron chi connectivity index (χ3n) is 3.69. The largest absolute Gasteiger partial charge is 0.493 e. The molecule has 1 fully saturated rings. The van der Waals surface area contributed by atoms with E-state index in [2.05, 4.69) is 12.6 Å². The van der Waals surface area contributed by atoms with Gasteiger partial charge in [-0.05, 0) is 42.9 Å². The Morgan fingerprint density at radius 1 is 1.25 bits per heavy atom. The van der Waals surface area contributed by atoms with Crippen molar-refractivity contribution in [2.45, 2.75) is 17.7 Å². The molecule has 112 valence electrons. The van der Waals surface area contributed by atoms with Crippen LogP contribution in [-0.2, 0) is 14.6 Å². The van der Waals surface area contributed by atoms with Crippen molar-refractivity contribution < 1.29 is 17.9 Å². The fourth-order valence-electron chi connectivity index (χ4n) is 2.17. The minimum atomic E-state index is -3.16. The first kappa shape index (κ1) is 15.7. The summed E-state index contributed by atoms with van der Waals surface area (Å²) in [5, 5.41) is 0. The highest BCUT2D eigenvalue weighted by atomic mass is 32.2. The molecule has 0 aromatic heterocycles. The lowest BCUT2D eigenvalue weighted by Crippen LogP contribution is -2.36. The molecule has 1 aliphatic rings. The average molecular weight is 316 g/mol. The van der Waals surface area contributed by atoms with Crippen LogP contribution >= 0.6 is 12.6 Å². The number of sulfone groups is 1. The number of benzene rings is 1. The molecule has 1 aromatic rings. The third-order valence-corrected chi connectivity index (χ3v) is 5.49. The Morgan fingerprint density at radius 3 is 2.35 bits per heavy atom. The van der Waals surface area contributed by atoms with Gasteiger partial charge in [0.25, 0.3) is 0 Å². The van der Waals surface area contributed by atoms with Crippen LogP contribution in [0.25, 0.3) is 0 Å². The van der Waals surface area contributed by atoms with Crippen molar-refractivity contribution in [3.8, 4) is 5.75 Å². The van der Waals surface area contributed by atoms with E-state index in [0.29, 0.717) is 17.3 Å². The molecule has 0 amide bonds. The molecule has 0 aliphatic carbocycles. The first-order valence-electron chi connectivity index (χ1n) is 6.57. The minimum Gasteiger partial charge on any atom is -0.493 e. The zero-order valence-corrected chi connectivity index (χ0v) is 13.3. The van der Waals surface area contributed by atoms with Crippen LogP contribution in [-0.4, -0.2) is 40.2 Å². The summed E-state index contributed by atoms with van der Waals surface area (Å²) in [6.45, 7) is 2.08. The van der Waals surface area contributed by atoms with E-state index >= 15 is 0 Å². The zero-order chi connectivity index (χ0) is 14.6. The molecule has 0 saturated carbocycles. The van der Waals surface area contributed by atoms with E-state index < -0.39 is 9.84 Å². The van der Waals surface area contributed by atoms with Gasteiger partial charge in [0, 0.05) is 24.9 Å². The number of thiol groups is 1. The zero-order valence-electron chi connectivity index (χ0n) is 11.5. The first-order chi connectivity index (χ1) is 9.45. The molecular formula is C14H20O4S2. The molecule has 20 heavy (non-hydrogen) atoms. The van der Waals surface area contributed by atoms with Crippen molar-refractivity contribution >= 4 is 22.5 Å². The van der Waals surface area contributed by atoms with E-state index in [9.17, 15) is 8.42 Å². The summed E-state index contributed by atoms with van der Waals surface area (Å²) in [6, 6.07) is 6.54. The predicted molar refractivity (Wildman–Crippen MR) is 81.4 cm³/mol. The molecule has 6 heteroatoms. The van der Waals surface area contributed by atoms with Crippen LogP contribution in [0.15, 0.2) is 29.2 Å². The van der Waals surface area contributed by atoms with Crippen molar-refractivity contribution in [1.82, 2.24) is 0 Å². The van der Waals surface area contributed by atoms with Gasteiger partial charge in [-0.3, -0.25) is 0 Å². The Balaban J connectivity index is 2.00. The van der Waals surface area contributed by atoms with Gasteiger partial charge in [-0.15, -0.1) is 0 Å². The molecule has 1 saturated heterocycles. The van der Waals surface area contributed by atoms with Crippen LogP contribution in [0, 0.1) is 5.41 Å². The topological polar surface area (TPSA) is 52.6 Å². The SMILES string of the molecule is CS(=O)(=O)c1ccc(OCC2(CS)CCOCC2)cc1. The van der Waals surface area contributed by atoms with E-state index in [0.717, 1.165) is 31.8 Å². The lowest BCUT2D eigenvalue weighted by molar-refractivity contribution is 0.00310. The van der Waals surface area contributed by atoms with Crippen molar-refractivity contribution in [3.63, 3.8) is 0 Å². The molecule has 1 aromatic carbocycles. The van der Waals surface area contributed by atoms with Crippen LogP contribution in [0.4, 0.5) is 0 Å². The number of hydrogen-bond donors (Lipinski definition) is 1. The van der Waals surface area contributed by atoms with Crippen molar-refractivity contribution in [1.29, 1.82) is 0 Å². The molecule has 4 nitrogen and oxygen atoms in total. The second-order valence-corrected chi connectivity index (χ2v) is 7.63. The minimum absolute atomic E-state index is 0.0524. The summed E-state index contributed by atoms with van der Waals surface area (Å²) in [5.41, 5.74) is 0.0524. The van der Waals surface area contributed by atoms with Gasteiger partial charge in [0.2, 0.25) is 0 Å². The monoisotopic (exact) mass is 316 g/mol. The van der Waals surface area contributed by atoms with Crippen LogP contribution in [0.5, 0.6) is 5.75 Å². The lowest BCUT2D eigenvalue weighted by Gasteiger charge is -2.35. The number of rotatable bonds is 5. The summed E-state index contributed by atoms with van der Waals surface area (Å²) in [7, 11) is -3.16. The smallest absolute Gasteiger partial charge is 0.175 e. The molecule has 1 heterocycles. The predicted octanol–water partition coefficient (Wildman–Crippen LogP) is 2.20. The second-order valence-electron chi connectivity index (χ2n) is 5.30. The van der Waals surface area contributed by atoms with Crippen LogP contribution < -0.4 is 4.74 Å². The molecule has 0 bridgehead atoms. The normalized spacial score (nSPS) is 18.7. The van der Waals surface area contributed by atoms with E-state index in [-0.39, 0.29) is 5.41 Å². The van der Waals surface area contributed by atoms with Gasteiger partial charge in [-0.1, -0.05) is 0 Å². The summed E-state index contributed by atoms with van der Waals surface area (Å²) in [5.74, 6) is 1.45. The molecule has 0 N–H and O–H groups in total. The quantitative estimate of drug-likeness (QED) is 0.846. The summed E-state index contributed by atoms with van der Waals surface area (Å²) in [6.07, 6.45) is 3.08. The van der Waals surface area contributed by atoms with Crippen molar-refractivity contribution in [2.24, 2.45) is 5.41 Å². The molecule has 2 rings (SSSR count). The van der Waals surface area contributed by atoms with Gasteiger partial charge < -0.3 is 9.47 Å². The molecule has 0 spiro atoms. The van der Waals surface area contributed by atoms with E-state index in [1.54, 1.807) is 24.3 Å². The number of hydrogen-bond acceptors (Lipinski definition) is 5. The standard InChI is InChI=1S/C14H20O4S2/c1-20(15,16)13-4-2-12(3-5-13)18-10-14(11-19)6-8-17-9-7-14/h2-5,19H,6-11H2,1H3. The summed E-state index contributed by atoms with van der Waals surface area (Å²) in [4.78, 5) is 0.305. The maximum Gasteiger partial charge on any atom is 0.175 e. The van der Waals surface area contributed by atoms with Crippen LogP contribution in [0.2, 0.25) is 0 Å². The van der Waals surface area contributed by atoms with Crippen molar-refractivity contribution in [3.05, 3.63) is 24.3 Å². The Labute approximate surface area is 125 Å². The Bertz CT molecular complexity index is 531. The van der Waals surface area contributed by atoms with Gasteiger partial charge >= 0.3 is 0 Å². The average Bonchev–Trinajstić information content (AvgIpc) is 2.46. The fraction of sp³-hybridized carbons (Fsp3) is 0.571. The van der Waals surface area contributed by atoms with Gasteiger partial charge in [0.1, 0.15) is 5.75 Å². The van der Waals surface area contributed by atoms with Crippen LogP contribution in [0.3, 0.4) is 0 Å². The Hall–Kier alpha value is -0.720. The molecule has 1 aliphatic heterocycles. The first-order valence-corrected chi connectivity index (χ1v) is 9.09. The van der Waals surface area contributed by atoms with Gasteiger partial charge in [-0.2, -0.15) is 12.6 Å². The second kappa shape index (κ2) is 6.37. The van der Waals surface area contributed by atoms with E-state index in [1.807, 2.05) is 0 Å². The Morgan fingerprint density at radius 2 is 1.85 bits per heavy atom. The lowest BCUT2D eigenvalue weighted by atomic mass is 9.83. The maximum absolute atomic E-state index is 11.4. The number of ether oxygens (including phenoxy) is 2.